The molecule has 3 fully saturated rings. The molecule has 1 N–H and O–H groups in total. The average molecular weight is 292 g/mol. The van der Waals surface area contributed by atoms with Crippen LogP contribution in [0.2, 0.25) is 0 Å². The van der Waals surface area contributed by atoms with Gasteiger partial charge in [-0.1, -0.05) is 6.42 Å². The van der Waals surface area contributed by atoms with Gasteiger partial charge in [-0.25, -0.2) is 0 Å². The van der Waals surface area contributed by atoms with Crippen LogP contribution in [0.1, 0.15) is 58.8 Å². The first-order valence-electron chi connectivity index (χ1n) is 9.23. The molecule has 1 heterocycles. The molecule has 5 atom stereocenters. The number of nitrogens with zero attached hydrogens (tertiary/aromatic N) is 1. The molecule has 0 spiro atoms. The van der Waals surface area contributed by atoms with Crippen molar-refractivity contribution in [3.63, 3.8) is 0 Å². The fraction of sp³-hybridized carbons (Fsp3) is 0.944. The average Bonchev–Trinajstić information content (AvgIpc) is 3.11. The highest BCUT2D eigenvalue weighted by Crippen LogP contribution is 2.51. The Hall–Kier alpha value is -0.570. The third kappa shape index (κ3) is 3.28. The SMILES string of the molecule is CCN(CC)C(=O)C1CC(CC2CC3CCC2C3)CCN1. The zero-order valence-electron chi connectivity index (χ0n) is 13.8. The summed E-state index contributed by atoms with van der Waals surface area (Å²) in [6.45, 7) is 6.87. The number of carbonyl (C=O) groups excluding carboxylic acids is 1. The Labute approximate surface area is 129 Å². The highest BCUT2D eigenvalue weighted by atomic mass is 16.2. The van der Waals surface area contributed by atoms with E-state index in [2.05, 4.69) is 19.2 Å². The van der Waals surface area contributed by atoms with E-state index in [0.717, 1.165) is 49.7 Å². The van der Waals surface area contributed by atoms with Crippen molar-refractivity contribution in [2.24, 2.45) is 23.7 Å². The maximum Gasteiger partial charge on any atom is 0.239 e. The lowest BCUT2D eigenvalue weighted by atomic mass is 9.78. The van der Waals surface area contributed by atoms with Gasteiger partial charge in [-0.3, -0.25) is 4.79 Å². The molecule has 1 saturated heterocycles. The van der Waals surface area contributed by atoms with Gasteiger partial charge in [0.25, 0.3) is 0 Å². The maximum absolute atomic E-state index is 12.5. The topological polar surface area (TPSA) is 32.3 Å². The van der Waals surface area contributed by atoms with Crippen molar-refractivity contribution in [1.82, 2.24) is 10.2 Å². The largest absolute Gasteiger partial charge is 0.342 e. The Morgan fingerprint density at radius 2 is 1.90 bits per heavy atom. The van der Waals surface area contributed by atoms with Gasteiger partial charge in [-0.15, -0.1) is 0 Å². The summed E-state index contributed by atoms with van der Waals surface area (Å²) in [5.74, 6) is 4.17. The summed E-state index contributed by atoms with van der Waals surface area (Å²) >= 11 is 0. The molecule has 5 unspecified atom stereocenters. The number of hydrogen-bond donors (Lipinski definition) is 1. The molecule has 0 aromatic heterocycles. The highest BCUT2D eigenvalue weighted by molar-refractivity contribution is 5.82. The van der Waals surface area contributed by atoms with Crippen LogP contribution in [0.3, 0.4) is 0 Å². The highest BCUT2D eigenvalue weighted by Gasteiger charge is 2.41. The van der Waals surface area contributed by atoms with Crippen LogP contribution in [0.25, 0.3) is 0 Å². The Kier molecular flexibility index (Phi) is 4.88. The normalized spacial score (nSPS) is 38.7. The van der Waals surface area contributed by atoms with Gasteiger partial charge < -0.3 is 10.2 Å². The molecule has 0 aromatic rings. The fourth-order valence-corrected chi connectivity index (χ4v) is 5.25. The molecule has 2 saturated carbocycles. The number of likely N-dealkylation sites (N-methyl/N-ethyl adjacent to an activating group) is 1. The Morgan fingerprint density at radius 1 is 1.10 bits per heavy atom. The van der Waals surface area contributed by atoms with Gasteiger partial charge in [0.05, 0.1) is 6.04 Å². The van der Waals surface area contributed by atoms with Crippen molar-refractivity contribution in [2.75, 3.05) is 19.6 Å². The molecule has 120 valence electrons. The van der Waals surface area contributed by atoms with Crippen molar-refractivity contribution >= 4 is 5.91 Å². The summed E-state index contributed by atoms with van der Waals surface area (Å²) in [5, 5.41) is 3.47. The molecule has 1 aliphatic heterocycles. The summed E-state index contributed by atoms with van der Waals surface area (Å²) in [6.07, 6.45) is 9.73. The van der Waals surface area contributed by atoms with Gasteiger partial charge in [-0.05, 0) is 82.6 Å². The van der Waals surface area contributed by atoms with Crippen molar-refractivity contribution in [1.29, 1.82) is 0 Å². The number of rotatable bonds is 5. The van der Waals surface area contributed by atoms with E-state index in [0.29, 0.717) is 5.91 Å². The number of carbonyl (C=O) groups is 1. The summed E-state index contributed by atoms with van der Waals surface area (Å²) < 4.78 is 0. The second-order valence-electron chi connectivity index (χ2n) is 7.58. The van der Waals surface area contributed by atoms with Gasteiger partial charge in [-0.2, -0.15) is 0 Å². The van der Waals surface area contributed by atoms with E-state index in [4.69, 9.17) is 0 Å². The molecular formula is C18H32N2O. The smallest absolute Gasteiger partial charge is 0.239 e. The first kappa shape index (κ1) is 15.3. The van der Waals surface area contributed by atoms with E-state index in [9.17, 15) is 4.79 Å². The molecule has 3 rings (SSSR count). The fourth-order valence-electron chi connectivity index (χ4n) is 5.25. The van der Waals surface area contributed by atoms with Gasteiger partial charge in [0.2, 0.25) is 5.91 Å². The molecule has 3 heteroatoms. The van der Waals surface area contributed by atoms with Crippen LogP contribution in [-0.4, -0.2) is 36.5 Å². The van der Waals surface area contributed by atoms with Crippen LogP contribution in [0, 0.1) is 23.7 Å². The molecule has 2 aliphatic carbocycles. The number of amides is 1. The number of nitrogens with one attached hydrogen (secondary N) is 1. The third-order valence-corrected chi connectivity index (χ3v) is 6.41. The van der Waals surface area contributed by atoms with Crippen LogP contribution >= 0.6 is 0 Å². The molecule has 3 nitrogen and oxygen atoms in total. The number of piperidine rings is 1. The van der Waals surface area contributed by atoms with Crippen molar-refractivity contribution < 1.29 is 4.79 Å². The van der Waals surface area contributed by atoms with Crippen molar-refractivity contribution in [3.8, 4) is 0 Å². The van der Waals surface area contributed by atoms with Crippen molar-refractivity contribution in [3.05, 3.63) is 0 Å². The predicted octanol–water partition coefficient (Wildman–Crippen LogP) is 3.05. The van der Waals surface area contributed by atoms with Gasteiger partial charge in [0, 0.05) is 13.1 Å². The lowest BCUT2D eigenvalue weighted by Crippen LogP contribution is -2.50. The number of fused-ring (bicyclic) bond motifs is 2. The summed E-state index contributed by atoms with van der Waals surface area (Å²) in [6, 6.07) is 0.0854. The maximum atomic E-state index is 12.5. The lowest BCUT2D eigenvalue weighted by Gasteiger charge is -2.35. The van der Waals surface area contributed by atoms with Crippen LogP contribution in [0.5, 0.6) is 0 Å². The standard InChI is InChI=1S/C18H32N2O/c1-3-20(4-2)18(21)17-12-14(7-8-19-17)11-16-10-13-5-6-15(16)9-13/h13-17,19H,3-12H2,1-2H3. The third-order valence-electron chi connectivity index (χ3n) is 6.41. The van der Waals surface area contributed by atoms with Gasteiger partial charge >= 0.3 is 0 Å². The molecule has 0 radical (unpaired) electrons. The quantitative estimate of drug-likeness (QED) is 0.844. The second kappa shape index (κ2) is 6.68. The molecule has 1 amide bonds. The van der Waals surface area contributed by atoms with E-state index in [1.54, 1.807) is 0 Å². The van der Waals surface area contributed by atoms with Crippen molar-refractivity contribution in [2.45, 2.75) is 64.8 Å². The zero-order valence-corrected chi connectivity index (χ0v) is 13.8. The van der Waals surface area contributed by atoms with Gasteiger partial charge in [0.1, 0.15) is 0 Å². The Morgan fingerprint density at radius 3 is 2.52 bits per heavy atom. The van der Waals surface area contributed by atoms with Crippen LogP contribution in [0.15, 0.2) is 0 Å². The number of hydrogen-bond acceptors (Lipinski definition) is 2. The molecule has 0 aromatic carbocycles. The van der Waals surface area contributed by atoms with Crippen LogP contribution in [-0.2, 0) is 4.79 Å². The zero-order chi connectivity index (χ0) is 14.8. The second-order valence-corrected chi connectivity index (χ2v) is 7.58. The minimum Gasteiger partial charge on any atom is -0.342 e. The first-order chi connectivity index (χ1) is 10.2. The van der Waals surface area contributed by atoms with E-state index >= 15 is 0 Å². The van der Waals surface area contributed by atoms with E-state index in [1.165, 1.54) is 38.5 Å². The summed E-state index contributed by atoms with van der Waals surface area (Å²) in [4.78, 5) is 14.5. The molecule has 3 aliphatic rings. The van der Waals surface area contributed by atoms with Gasteiger partial charge in [0.15, 0.2) is 0 Å². The minimum absolute atomic E-state index is 0.0854. The van der Waals surface area contributed by atoms with E-state index in [1.807, 2.05) is 4.90 Å². The summed E-state index contributed by atoms with van der Waals surface area (Å²) in [7, 11) is 0. The van der Waals surface area contributed by atoms with E-state index in [-0.39, 0.29) is 6.04 Å². The lowest BCUT2D eigenvalue weighted by molar-refractivity contribution is -0.134. The van der Waals surface area contributed by atoms with Crippen LogP contribution < -0.4 is 5.32 Å². The minimum atomic E-state index is 0.0854. The summed E-state index contributed by atoms with van der Waals surface area (Å²) in [5.41, 5.74) is 0. The monoisotopic (exact) mass is 292 g/mol. The van der Waals surface area contributed by atoms with E-state index < -0.39 is 0 Å². The first-order valence-corrected chi connectivity index (χ1v) is 9.23. The predicted molar refractivity (Wildman–Crippen MR) is 86.0 cm³/mol. The Balaban J connectivity index is 1.52. The molecular weight excluding hydrogens is 260 g/mol. The molecule has 21 heavy (non-hydrogen) atoms. The Bertz CT molecular complexity index is 366. The molecule has 2 bridgehead atoms. The van der Waals surface area contributed by atoms with Crippen LogP contribution in [0.4, 0.5) is 0 Å².